The topological polar surface area (TPSA) is 61.4 Å². The van der Waals surface area contributed by atoms with Crippen LogP contribution >= 0.6 is 11.8 Å². The summed E-state index contributed by atoms with van der Waals surface area (Å²) in [6.45, 7) is 5.27. The SMILES string of the molecule is CCCCS[C@H](C)C(=O)NN1CCCNC1=O. The number of hydrazine groups is 1. The molecule has 1 atom stereocenters. The van der Waals surface area contributed by atoms with Crippen molar-refractivity contribution in [2.45, 2.75) is 38.4 Å². The molecule has 17 heavy (non-hydrogen) atoms. The third-order valence-electron chi connectivity index (χ3n) is 2.56. The molecule has 1 saturated heterocycles. The first kappa shape index (κ1) is 14.2. The van der Waals surface area contributed by atoms with E-state index in [4.69, 9.17) is 0 Å². The molecule has 0 unspecified atom stereocenters. The Balaban J connectivity index is 2.29. The highest BCUT2D eigenvalue weighted by molar-refractivity contribution is 8.00. The quantitative estimate of drug-likeness (QED) is 0.708. The number of amides is 3. The Labute approximate surface area is 107 Å². The monoisotopic (exact) mass is 259 g/mol. The summed E-state index contributed by atoms with van der Waals surface area (Å²) in [7, 11) is 0. The molecule has 1 aliphatic rings. The highest BCUT2D eigenvalue weighted by Crippen LogP contribution is 2.13. The van der Waals surface area contributed by atoms with Crippen molar-refractivity contribution < 1.29 is 9.59 Å². The van der Waals surface area contributed by atoms with Crippen molar-refractivity contribution >= 4 is 23.7 Å². The van der Waals surface area contributed by atoms with E-state index in [-0.39, 0.29) is 17.2 Å². The molecule has 2 N–H and O–H groups in total. The van der Waals surface area contributed by atoms with Gasteiger partial charge < -0.3 is 5.32 Å². The Kier molecular flexibility index (Phi) is 6.18. The Hall–Kier alpha value is -0.910. The van der Waals surface area contributed by atoms with Crippen molar-refractivity contribution in [3.8, 4) is 0 Å². The zero-order chi connectivity index (χ0) is 12.7. The number of rotatable bonds is 6. The van der Waals surface area contributed by atoms with E-state index in [2.05, 4.69) is 17.7 Å². The van der Waals surface area contributed by atoms with Crippen molar-refractivity contribution in [1.82, 2.24) is 15.8 Å². The van der Waals surface area contributed by atoms with E-state index < -0.39 is 0 Å². The maximum absolute atomic E-state index is 11.8. The molecule has 1 rings (SSSR count). The largest absolute Gasteiger partial charge is 0.336 e. The van der Waals surface area contributed by atoms with Crippen LogP contribution in [0.2, 0.25) is 0 Å². The summed E-state index contributed by atoms with van der Waals surface area (Å²) >= 11 is 1.63. The van der Waals surface area contributed by atoms with E-state index in [1.807, 2.05) is 6.92 Å². The fourth-order valence-corrected chi connectivity index (χ4v) is 2.45. The summed E-state index contributed by atoms with van der Waals surface area (Å²) < 4.78 is 0. The second-order valence-electron chi connectivity index (χ2n) is 4.08. The zero-order valence-corrected chi connectivity index (χ0v) is 11.3. The van der Waals surface area contributed by atoms with Gasteiger partial charge in [-0.15, -0.1) is 11.8 Å². The van der Waals surface area contributed by atoms with Gasteiger partial charge in [-0.2, -0.15) is 0 Å². The van der Waals surface area contributed by atoms with Gasteiger partial charge in [0, 0.05) is 13.1 Å². The summed E-state index contributed by atoms with van der Waals surface area (Å²) in [6.07, 6.45) is 3.12. The van der Waals surface area contributed by atoms with Crippen LogP contribution in [-0.2, 0) is 4.79 Å². The maximum Gasteiger partial charge on any atom is 0.336 e. The average molecular weight is 259 g/mol. The molecule has 0 aromatic rings. The van der Waals surface area contributed by atoms with E-state index in [0.717, 1.165) is 25.0 Å². The second kappa shape index (κ2) is 7.42. The Morgan fingerprint density at radius 1 is 1.65 bits per heavy atom. The van der Waals surface area contributed by atoms with Crippen molar-refractivity contribution in [2.75, 3.05) is 18.8 Å². The highest BCUT2D eigenvalue weighted by Gasteiger charge is 2.22. The van der Waals surface area contributed by atoms with Gasteiger partial charge in [0.2, 0.25) is 0 Å². The van der Waals surface area contributed by atoms with Gasteiger partial charge in [0.05, 0.1) is 5.25 Å². The summed E-state index contributed by atoms with van der Waals surface area (Å²) in [5.41, 5.74) is 2.66. The van der Waals surface area contributed by atoms with Crippen LogP contribution in [0.15, 0.2) is 0 Å². The van der Waals surface area contributed by atoms with E-state index in [1.54, 1.807) is 11.8 Å². The first-order valence-electron chi connectivity index (χ1n) is 6.12. The van der Waals surface area contributed by atoms with Crippen LogP contribution in [-0.4, -0.2) is 41.0 Å². The van der Waals surface area contributed by atoms with Gasteiger partial charge in [0.25, 0.3) is 5.91 Å². The normalized spacial score (nSPS) is 17.5. The Morgan fingerprint density at radius 3 is 3.06 bits per heavy atom. The molecule has 0 bridgehead atoms. The van der Waals surface area contributed by atoms with Crippen molar-refractivity contribution in [3.05, 3.63) is 0 Å². The predicted molar refractivity (Wildman–Crippen MR) is 69.7 cm³/mol. The lowest BCUT2D eigenvalue weighted by atomic mass is 10.3. The molecular formula is C11H21N3O2S. The van der Waals surface area contributed by atoms with Gasteiger partial charge in [-0.3, -0.25) is 10.2 Å². The molecule has 98 valence electrons. The molecule has 6 heteroatoms. The molecule has 5 nitrogen and oxygen atoms in total. The fourth-order valence-electron chi connectivity index (χ4n) is 1.44. The van der Waals surface area contributed by atoms with Crippen LogP contribution in [0.25, 0.3) is 0 Å². The number of hydrogen-bond acceptors (Lipinski definition) is 3. The lowest BCUT2D eigenvalue weighted by Crippen LogP contribution is -2.56. The van der Waals surface area contributed by atoms with Crippen LogP contribution in [0, 0.1) is 0 Å². The van der Waals surface area contributed by atoms with Crippen LogP contribution in [0.1, 0.15) is 33.1 Å². The summed E-state index contributed by atoms with van der Waals surface area (Å²) in [6, 6.07) is -0.213. The maximum atomic E-state index is 11.8. The molecule has 0 aromatic carbocycles. The van der Waals surface area contributed by atoms with Gasteiger partial charge in [0.15, 0.2) is 0 Å². The third-order valence-corrected chi connectivity index (χ3v) is 3.80. The third kappa shape index (κ3) is 4.85. The van der Waals surface area contributed by atoms with E-state index >= 15 is 0 Å². The molecule has 3 amide bonds. The Bertz CT molecular complexity index is 273. The summed E-state index contributed by atoms with van der Waals surface area (Å²) in [5.74, 6) is 0.889. The van der Waals surface area contributed by atoms with Crippen molar-refractivity contribution in [1.29, 1.82) is 0 Å². The first-order chi connectivity index (χ1) is 8.15. The van der Waals surface area contributed by atoms with Gasteiger partial charge in [-0.25, -0.2) is 9.80 Å². The van der Waals surface area contributed by atoms with E-state index in [0.29, 0.717) is 13.1 Å². The molecule has 0 saturated carbocycles. The molecule has 1 fully saturated rings. The van der Waals surface area contributed by atoms with Gasteiger partial charge in [-0.05, 0) is 25.5 Å². The highest BCUT2D eigenvalue weighted by atomic mass is 32.2. The number of unbranched alkanes of at least 4 members (excludes halogenated alkanes) is 1. The molecule has 0 aromatic heterocycles. The lowest BCUT2D eigenvalue weighted by molar-refractivity contribution is -0.124. The van der Waals surface area contributed by atoms with Crippen LogP contribution in [0.3, 0.4) is 0 Å². The lowest BCUT2D eigenvalue weighted by Gasteiger charge is -2.28. The molecule has 0 aliphatic carbocycles. The smallest absolute Gasteiger partial charge is 0.336 e. The molecule has 1 heterocycles. The standard InChI is InChI=1S/C11H21N3O2S/c1-3-4-8-17-9(2)10(15)13-14-7-5-6-12-11(14)16/h9H,3-8H2,1-2H3,(H,12,16)(H,13,15)/t9-/m1/s1. The minimum atomic E-state index is -0.213. The van der Waals surface area contributed by atoms with Gasteiger partial charge >= 0.3 is 6.03 Å². The molecule has 1 aliphatic heterocycles. The number of nitrogens with zero attached hydrogens (tertiary/aromatic N) is 1. The summed E-state index contributed by atoms with van der Waals surface area (Å²) in [5, 5.41) is 3.94. The van der Waals surface area contributed by atoms with Crippen LogP contribution in [0.5, 0.6) is 0 Å². The minimum Gasteiger partial charge on any atom is -0.336 e. The molecule has 0 spiro atoms. The number of carbonyl (C=O) groups is 2. The number of urea groups is 1. The molecular weight excluding hydrogens is 238 g/mol. The van der Waals surface area contributed by atoms with Crippen molar-refractivity contribution in [3.63, 3.8) is 0 Å². The van der Waals surface area contributed by atoms with E-state index in [9.17, 15) is 9.59 Å². The van der Waals surface area contributed by atoms with Gasteiger partial charge in [-0.1, -0.05) is 13.3 Å². The first-order valence-corrected chi connectivity index (χ1v) is 7.17. The number of nitrogens with one attached hydrogen (secondary N) is 2. The zero-order valence-electron chi connectivity index (χ0n) is 10.5. The minimum absolute atomic E-state index is 0.0943. The van der Waals surface area contributed by atoms with Crippen molar-refractivity contribution in [2.24, 2.45) is 0 Å². The Morgan fingerprint density at radius 2 is 2.41 bits per heavy atom. The number of hydrogen-bond donors (Lipinski definition) is 2. The summed E-state index contributed by atoms with van der Waals surface area (Å²) in [4.78, 5) is 23.2. The number of thioether (sulfide) groups is 1. The van der Waals surface area contributed by atoms with Gasteiger partial charge in [0.1, 0.15) is 0 Å². The fraction of sp³-hybridized carbons (Fsp3) is 0.818. The van der Waals surface area contributed by atoms with Crippen LogP contribution in [0.4, 0.5) is 4.79 Å². The predicted octanol–water partition coefficient (Wildman–Crippen LogP) is 1.35. The number of carbonyl (C=O) groups excluding carboxylic acids is 2. The van der Waals surface area contributed by atoms with E-state index in [1.165, 1.54) is 5.01 Å². The van der Waals surface area contributed by atoms with Crippen LogP contribution < -0.4 is 10.7 Å². The molecule has 0 radical (unpaired) electrons. The second-order valence-corrected chi connectivity index (χ2v) is 5.53. The average Bonchev–Trinajstić information content (AvgIpc) is 2.32.